The summed E-state index contributed by atoms with van der Waals surface area (Å²) in [6, 6.07) is 12.0. The molecule has 18 heavy (non-hydrogen) atoms. The van der Waals surface area contributed by atoms with Crippen LogP contribution >= 0.6 is 33.9 Å². The second-order valence-corrected chi connectivity index (χ2v) is 7.29. The molecule has 1 aromatic heterocycles. The van der Waals surface area contributed by atoms with Crippen LogP contribution in [0, 0.1) is 10.5 Å². The van der Waals surface area contributed by atoms with Gasteiger partial charge in [-0.25, -0.2) is 0 Å². The first-order valence-electron chi connectivity index (χ1n) is 6.31. The van der Waals surface area contributed by atoms with Crippen LogP contribution in [0.1, 0.15) is 23.3 Å². The molecule has 1 aliphatic carbocycles. The minimum Gasteiger partial charge on any atom is -0.309 e. The number of thiophene rings is 1. The summed E-state index contributed by atoms with van der Waals surface area (Å²) in [5.41, 5.74) is 2.74. The highest BCUT2D eigenvalue weighted by Gasteiger charge is 2.20. The summed E-state index contributed by atoms with van der Waals surface area (Å²) in [6.07, 6.45) is 2.71. The van der Waals surface area contributed by atoms with Crippen molar-refractivity contribution in [1.82, 2.24) is 5.32 Å². The molecule has 0 radical (unpaired) electrons. The molecule has 94 valence electrons. The monoisotopic (exact) mass is 369 g/mol. The van der Waals surface area contributed by atoms with Crippen LogP contribution in [-0.4, -0.2) is 6.04 Å². The lowest BCUT2D eigenvalue weighted by molar-refractivity contribution is 0.695. The first-order chi connectivity index (χ1) is 8.72. The highest BCUT2D eigenvalue weighted by atomic mass is 127. The van der Waals surface area contributed by atoms with E-state index >= 15 is 0 Å². The van der Waals surface area contributed by atoms with Gasteiger partial charge < -0.3 is 5.32 Å². The van der Waals surface area contributed by atoms with E-state index in [1.165, 1.54) is 37.3 Å². The van der Waals surface area contributed by atoms with E-state index in [0.29, 0.717) is 0 Å². The molecule has 1 saturated carbocycles. The molecule has 1 heterocycles. The van der Waals surface area contributed by atoms with Crippen molar-refractivity contribution >= 4 is 33.9 Å². The minimum atomic E-state index is 0.787. The molecular weight excluding hydrogens is 353 g/mol. The van der Waals surface area contributed by atoms with E-state index in [2.05, 4.69) is 65.2 Å². The van der Waals surface area contributed by atoms with Crippen LogP contribution in [0.25, 0.3) is 10.4 Å². The molecule has 0 aliphatic heterocycles. The van der Waals surface area contributed by atoms with Crippen LogP contribution in [0.15, 0.2) is 30.3 Å². The number of benzene rings is 1. The molecule has 1 fully saturated rings. The number of nitrogens with one attached hydrogen (secondary N) is 1. The van der Waals surface area contributed by atoms with E-state index in [9.17, 15) is 0 Å². The average molecular weight is 369 g/mol. The predicted octanol–water partition coefficient (Wildman–Crippen LogP) is 4.58. The van der Waals surface area contributed by atoms with E-state index in [1.807, 2.05) is 11.3 Å². The van der Waals surface area contributed by atoms with Crippen LogP contribution in [0.2, 0.25) is 0 Å². The van der Waals surface area contributed by atoms with Gasteiger partial charge in [-0.2, -0.15) is 0 Å². The molecule has 1 aliphatic rings. The zero-order valence-corrected chi connectivity index (χ0v) is 13.3. The Morgan fingerprint density at radius 1 is 1.28 bits per heavy atom. The van der Waals surface area contributed by atoms with Gasteiger partial charge in [0, 0.05) is 25.9 Å². The summed E-state index contributed by atoms with van der Waals surface area (Å²) in [5.74, 6) is 0. The van der Waals surface area contributed by atoms with Gasteiger partial charge in [-0.15, -0.1) is 11.3 Å². The highest BCUT2D eigenvalue weighted by molar-refractivity contribution is 14.1. The van der Waals surface area contributed by atoms with Crippen molar-refractivity contribution in [3.05, 3.63) is 44.3 Å². The number of rotatable bonds is 4. The van der Waals surface area contributed by atoms with Gasteiger partial charge >= 0.3 is 0 Å². The molecule has 0 amide bonds. The fourth-order valence-electron chi connectivity index (χ4n) is 2.01. The van der Waals surface area contributed by atoms with E-state index in [-0.39, 0.29) is 0 Å². The van der Waals surface area contributed by atoms with Crippen LogP contribution in [0.4, 0.5) is 0 Å². The van der Waals surface area contributed by atoms with Crippen LogP contribution in [-0.2, 0) is 6.54 Å². The van der Waals surface area contributed by atoms with E-state index < -0.39 is 0 Å². The fourth-order valence-corrected chi connectivity index (χ4v) is 3.54. The van der Waals surface area contributed by atoms with Gasteiger partial charge in [0.05, 0.1) is 0 Å². The molecule has 0 bridgehead atoms. The van der Waals surface area contributed by atoms with Gasteiger partial charge in [0.1, 0.15) is 0 Å². The quantitative estimate of drug-likeness (QED) is 0.778. The summed E-state index contributed by atoms with van der Waals surface area (Å²) in [5, 5.41) is 3.57. The first-order valence-corrected chi connectivity index (χ1v) is 8.20. The molecule has 1 nitrogen and oxygen atoms in total. The van der Waals surface area contributed by atoms with Crippen molar-refractivity contribution in [2.45, 2.75) is 32.4 Å². The second-order valence-electron chi connectivity index (χ2n) is 4.88. The predicted molar refractivity (Wildman–Crippen MR) is 87.1 cm³/mol. The highest BCUT2D eigenvalue weighted by Crippen LogP contribution is 2.32. The van der Waals surface area contributed by atoms with E-state index in [4.69, 9.17) is 0 Å². The molecule has 2 aromatic rings. The Kier molecular flexibility index (Phi) is 3.73. The van der Waals surface area contributed by atoms with Gasteiger partial charge in [0.2, 0.25) is 0 Å². The molecule has 3 rings (SSSR count). The maximum Gasteiger partial charge on any atom is 0.0349 e. The Bertz CT molecular complexity index is 557. The van der Waals surface area contributed by atoms with Crippen molar-refractivity contribution in [2.75, 3.05) is 0 Å². The van der Waals surface area contributed by atoms with Gasteiger partial charge in [-0.1, -0.05) is 6.07 Å². The third kappa shape index (κ3) is 2.95. The third-order valence-electron chi connectivity index (χ3n) is 3.27. The Labute approximate surface area is 126 Å². The van der Waals surface area contributed by atoms with E-state index in [1.54, 1.807) is 0 Å². The maximum atomic E-state index is 3.57. The second kappa shape index (κ2) is 5.31. The topological polar surface area (TPSA) is 12.0 Å². The maximum absolute atomic E-state index is 3.57. The smallest absolute Gasteiger partial charge is 0.0349 e. The van der Waals surface area contributed by atoms with Crippen molar-refractivity contribution in [1.29, 1.82) is 0 Å². The lowest BCUT2D eigenvalue weighted by Crippen LogP contribution is -2.14. The van der Waals surface area contributed by atoms with Crippen molar-refractivity contribution < 1.29 is 0 Å². The Balaban J connectivity index is 1.80. The van der Waals surface area contributed by atoms with E-state index in [0.717, 1.165) is 12.6 Å². The minimum absolute atomic E-state index is 0.787. The fraction of sp³-hybridized carbons (Fsp3) is 0.333. The standard InChI is InChI=1S/C15H16INS/c1-10-2-3-11(16)8-14(10)15-7-6-13(18-15)9-17-12-4-5-12/h2-3,6-8,12,17H,4-5,9H2,1H3. The van der Waals surface area contributed by atoms with Crippen molar-refractivity contribution in [3.8, 4) is 10.4 Å². The number of hydrogen-bond acceptors (Lipinski definition) is 2. The van der Waals surface area contributed by atoms with Gasteiger partial charge in [-0.3, -0.25) is 0 Å². The zero-order valence-electron chi connectivity index (χ0n) is 10.4. The zero-order chi connectivity index (χ0) is 12.5. The summed E-state index contributed by atoms with van der Waals surface area (Å²) in [6.45, 7) is 3.21. The van der Waals surface area contributed by atoms with Crippen molar-refractivity contribution in [2.24, 2.45) is 0 Å². The molecule has 3 heteroatoms. The normalized spacial score (nSPS) is 15.0. The summed E-state index contributed by atoms with van der Waals surface area (Å²) in [7, 11) is 0. The molecule has 1 N–H and O–H groups in total. The molecule has 0 spiro atoms. The molecule has 1 aromatic carbocycles. The van der Waals surface area contributed by atoms with Gasteiger partial charge in [0.15, 0.2) is 0 Å². The third-order valence-corrected chi connectivity index (χ3v) is 5.06. The molecule has 0 atom stereocenters. The number of halogens is 1. The first kappa shape index (κ1) is 12.6. The average Bonchev–Trinajstić information content (AvgIpc) is 3.08. The summed E-state index contributed by atoms with van der Waals surface area (Å²) in [4.78, 5) is 2.83. The molecule has 0 unspecified atom stereocenters. The lowest BCUT2D eigenvalue weighted by atomic mass is 10.1. The van der Waals surface area contributed by atoms with Gasteiger partial charge in [0.25, 0.3) is 0 Å². The lowest BCUT2D eigenvalue weighted by Gasteiger charge is -2.04. The van der Waals surface area contributed by atoms with Crippen LogP contribution < -0.4 is 5.32 Å². The summed E-state index contributed by atoms with van der Waals surface area (Å²) >= 11 is 4.29. The van der Waals surface area contributed by atoms with Crippen molar-refractivity contribution in [3.63, 3.8) is 0 Å². The Hall–Kier alpha value is -0.390. The van der Waals surface area contributed by atoms with Gasteiger partial charge in [-0.05, 0) is 77.7 Å². The van der Waals surface area contributed by atoms with Crippen LogP contribution in [0.5, 0.6) is 0 Å². The van der Waals surface area contributed by atoms with Crippen LogP contribution in [0.3, 0.4) is 0 Å². The summed E-state index contributed by atoms with van der Waals surface area (Å²) < 4.78 is 1.30. The largest absolute Gasteiger partial charge is 0.309 e. The Morgan fingerprint density at radius 3 is 2.89 bits per heavy atom. The number of aryl methyl sites for hydroxylation is 1. The SMILES string of the molecule is Cc1ccc(I)cc1-c1ccc(CNC2CC2)s1. The Morgan fingerprint density at radius 2 is 2.11 bits per heavy atom. The molecule has 0 saturated heterocycles. The number of hydrogen-bond donors (Lipinski definition) is 1. The molecular formula is C15H16INS.